The first-order chi connectivity index (χ1) is 8.76. The van der Waals surface area contributed by atoms with Crippen LogP contribution in [-0.2, 0) is 4.74 Å². The molecule has 98 valence electrons. The average Bonchev–Trinajstić information content (AvgIpc) is 2.80. The lowest BCUT2D eigenvalue weighted by molar-refractivity contribution is 0.184. The summed E-state index contributed by atoms with van der Waals surface area (Å²) in [5.74, 6) is 0. The molecule has 1 atom stereocenters. The second kappa shape index (κ2) is 6.41. The van der Waals surface area contributed by atoms with Crippen LogP contribution in [0.15, 0.2) is 22.5 Å². The lowest BCUT2D eigenvalue weighted by atomic mass is 10.2. The molecule has 18 heavy (non-hydrogen) atoms. The van der Waals surface area contributed by atoms with E-state index in [2.05, 4.69) is 41.7 Å². The highest BCUT2D eigenvalue weighted by molar-refractivity contribution is 8.00. The van der Waals surface area contributed by atoms with Crippen molar-refractivity contribution in [3.63, 3.8) is 0 Å². The summed E-state index contributed by atoms with van der Waals surface area (Å²) < 4.78 is 7.55. The first-order valence-corrected chi connectivity index (χ1v) is 8.01. The Kier molecular flexibility index (Phi) is 4.86. The Hall–Kier alpha value is -0.780. The molecule has 2 rings (SSSR count). The highest BCUT2D eigenvalue weighted by Crippen LogP contribution is 2.30. The topological polar surface area (TPSA) is 34.1 Å². The molecule has 0 fully saturated rings. The summed E-state index contributed by atoms with van der Waals surface area (Å²) >= 11 is 3.43. The highest BCUT2D eigenvalue weighted by atomic mass is 32.2. The Morgan fingerprint density at radius 1 is 1.50 bits per heavy atom. The van der Waals surface area contributed by atoms with Gasteiger partial charge in [-0.25, -0.2) is 4.98 Å². The van der Waals surface area contributed by atoms with Crippen LogP contribution in [0.25, 0.3) is 10.2 Å². The molecule has 0 aliphatic rings. The lowest BCUT2D eigenvalue weighted by Crippen LogP contribution is -2.23. The van der Waals surface area contributed by atoms with E-state index in [0.29, 0.717) is 6.04 Å². The van der Waals surface area contributed by atoms with Gasteiger partial charge in [-0.2, -0.15) is 0 Å². The van der Waals surface area contributed by atoms with E-state index < -0.39 is 0 Å². The Morgan fingerprint density at radius 3 is 3.00 bits per heavy atom. The summed E-state index contributed by atoms with van der Waals surface area (Å²) in [6.45, 7) is 2.89. The molecule has 2 aromatic rings. The zero-order valence-electron chi connectivity index (χ0n) is 10.9. The van der Waals surface area contributed by atoms with E-state index in [1.807, 2.05) is 0 Å². The Bertz CT molecular complexity index is 513. The number of hydrogen-bond donors (Lipinski definition) is 1. The molecule has 1 aromatic heterocycles. The van der Waals surface area contributed by atoms with Crippen LogP contribution in [0.1, 0.15) is 13.3 Å². The lowest BCUT2D eigenvalue weighted by Gasteiger charge is -2.17. The molecule has 0 saturated carbocycles. The van der Waals surface area contributed by atoms with Gasteiger partial charge in [0, 0.05) is 18.8 Å². The quantitative estimate of drug-likeness (QED) is 0.816. The molecule has 0 bridgehead atoms. The molecule has 0 aliphatic heterocycles. The maximum atomic E-state index is 5.20. The van der Waals surface area contributed by atoms with Gasteiger partial charge in [-0.05, 0) is 30.9 Å². The van der Waals surface area contributed by atoms with Crippen molar-refractivity contribution < 1.29 is 4.74 Å². The van der Waals surface area contributed by atoms with Crippen LogP contribution in [0.4, 0.5) is 5.69 Å². The number of thioether (sulfide) groups is 1. The van der Waals surface area contributed by atoms with Crippen LogP contribution in [0.2, 0.25) is 0 Å². The zero-order chi connectivity index (χ0) is 13.0. The van der Waals surface area contributed by atoms with Crippen LogP contribution >= 0.6 is 23.1 Å². The van der Waals surface area contributed by atoms with E-state index >= 15 is 0 Å². The molecule has 0 spiro atoms. The molecule has 1 unspecified atom stereocenters. The van der Waals surface area contributed by atoms with Crippen molar-refractivity contribution in [3.8, 4) is 0 Å². The van der Waals surface area contributed by atoms with E-state index in [-0.39, 0.29) is 0 Å². The Morgan fingerprint density at radius 2 is 2.33 bits per heavy atom. The minimum Gasteiger partial charge on any atom is -0.383 e. The molecule has 0 aliphatic carbocycles. The fraction of sp³-hybridized carbons (Fsp3) is 0.462. The van der Waals surface area contributed by atoms with Crippen molar-refractivity contribution in [2.24, 2.45) is 0 Å². The third-order valence-corrected chi connectivity index (χ3v) is 4.78. The van der Waals surface area contributed by atoms with Gasteiger partial charge in [-0.3, -0.25) is 0 Å². The monoisotopic (exact) mass is 282 g/mol. The first-order valence-electron chi connectivity index (χ1n) is 5.97. The zero-order valence-corrected chi connectivity index (χ0v) is 12.5. The van der Waals surface area contributed by atoms with Crippen LogP contribution in [0, 0.1) is 0 Å². The van der Waals surface area contributed by atoms with Crippen molar-refractivity contribution in [2.75, 3.05) is 25.3 Å². The average molecular weight is 282 g/mol. The van der Waals surface area contributed by atoms with Crippen LogP contribution < -0.4 is 5.32 Å². The fourth-order valence-electron chi connectivity index (χ4n) is 1.78. The van der Waals surface area contributed by atoms with Gasteiger partial charge in [0.2, 0.25) is 0 Å². The summed E-state index contributed by atoms with van der Waals surface area (Å²) in [7, 11) is 1.74. The number of thiazole rings is 1. The number of ether oxygens (including phenoxy) is 1. The third-order valence-electron chi connectivity index (χ3n) is 2.77. The smallest absolute Gasteiger partial charge is 0.150 e. The van der Waals surface area contributed by atoms with Gasteiger partial charge < -0.3 is 10.1 Å². The second-order valence-electron chi connectivity index (χ2n) is 4.07. The van der Waals surface area contributed by atoms with Crippen LogP contribution in [-0.4, -0.2) is 31.0 Å². The van der Waals surface area contributed by atoms with E-state index in [1.54, 1.807) is 30.2 Å². The first kappa shape index (κ1) is 13.6. The van der Waals surface area contributed by atoms with Crippen LogP contribution in [0.3, 0.4) is 0 Å². The molecule has 0 saturated heterocycles. The number of nitrogens with one attached hydrogen (secondary N) is 1. The number of rotatable bonds is 6. The minimum atomic E-state index is 0.361. The van der Waals surface area contributed by atoms with Gasteiger partial charge in [0.05, 0.1) is 16.8 Å². The summed E-state index contributed by atoms with van der Waals surface area (Å²) in [5.41, 5.74) is 2.22. The Balaban J connectivity index is 2.18. The summed E-state index contributed by atoms with van der Waals surface area (Å²) in [4.78, 5) is 4.54. The largest absolute Gasteiger partial charge is 0.383 e. The number of aromatic nitrogens is 1. The van der Waals surface area contributed by atoms with E-state index in [1.165, 1.54) is 4.70 Å². The van der Waals surface area contributed by atoms with Gasteiger partial charge in [0.15, 0.2) is 4.34 Å². The molecular weight excluding hydrogens is 264 g/mol. The SMILES string of the molecule is CCC(COC)Nc1ccc2nc(SC)sc2c1. The molecule has 0 radical (unpaired) electrons. The standard InChI is InChI=1S/C13H18N2OS2/c1-4-9(8-16-2)14-10-5-6-11-12(7-10)18-13(15-11)17-3/h5-7,9,14H,4,8H2,1-3H3. The number of fused-ring (bicyclic) bond motifs is 1. The maximum Gasteiger partial charge on any atom is 0.150 e. The summed E-state index contributed by atoms with van der Waals surface area (Å²) in [6, 6.07) is 6.70. The van der Waals surface area contributed by atoms with Gasteiger partial charge >= 0.3 is 0 Å². The number of anilines is 1. The van der Waals surface area contributed by atoms with E-state index in [9.17, 15) is 0 Å². The van der Waals surface area contributed by atoms with Crippen molar-refractivity contribution in [2.45, 2.75) is 23.7 Å². The predicted octanol–water partition coefficient (Wildman–Crippen LogP) is 3.86. The van der Waals surface area contributed by atoms with Crippen molar-refractivity contribution >= 4 is 39.0 Å². The van der Waals surface area contributed by atoms with Gasteiger partial charge in [-0.1, -0.05) is 18.7 Å². The van der Waals surface area contributed by atoms with Gasteiger partial charge in [-0.15, -0.1) is 11.3 Å². The molecule has 0 amide bonds. The highest BCUT2D eigenvalue weighted by Gasteiger charge is 2.07. The second-order valence-corrected chi connectivity index (χ2v) is 6.16. The van der Waals surface area contributed by atoms with Gasteiger partial charge in [0.1, 0.15) is 0 Å². The number of nitrogens with zero attached hydrogens (tertiary/aromatic N) is 1. The molecule has 5 heteroatoms. The molecule has 1 heterocycles. The van der Waals surface area contributed by atoms with E-state index in [0.717, 1.165) is 28.6 Å². The normalized spacial score (nSPS) is 12.8. The third kappa shape index (κ3) is 3.16. The van der Waals surface area contributed by atoms with Crippen LogP contribution in [0.5, 0.6) is 0 Å². The summed E-state index contributed by atoms with van der Waals surface area (Å²) in [6.07, 6.45) is 3.10. The number of methoxy groups -OCH3 is 1. The predicted molar refractivity (Wildman–Crippen MR) is 81.0 cm³/mol. The van der Waals surface area contributed by atoms with Gasteiger partial charge in [0.25, 0.3) is 0 Å². The molecule has 1 aromatic carbocycles. The van der Waals surface area contributed by atoms with E-state index in [4.69, 9.17) is 4.74 Å². The molecular formula is C13H18N2OS2. The molecule has 3 nitrogen and oxygen atoms in total. The van der Waals surface area contributed by atoms with Crippen molar-refractivity contribution in [1.29, 1.82) is 0 Å². The summed E-state index contributed by atoms with van der Waals surface area (Å²) in [5, 5.41) is 3.50. The Labute approximate surface area is 116 Å². The number of hydrogen-bond acceptors (Lipinski definition) is 5. The molecule has 1 N–H and O–H groups in total. The minimum absolute atomic E-state index is 0.361. The fourth-order valence-corrected chi connectivity index (χ4v) is 3.31. The number of benzene rings is 1. The van der Waals surface area contributed by atoms with Crippen molar-refractivity contribution in [1.82, 2.24) is 4.98 Å². The van der Waals surface area contributed by atoms with Crippen molar-refractivity contribution in [3.05, 3.63) is 18.2 Å². The maximum absolute atomic E-state index is 5.20.